The zero-order valence-corrected chi connectivity index (χ0v) is 41.4. The highest BCUT2D eigenvalue weighted by Gasteiger charge is 2.75. The maximum Gasteiger partial charge on any atom is 0.421 e. The van der Waals surface area contributed by atoms with E-state index in [0.29, 0.717) is 52.0 Å². The number of aliphatic hydroxyl groups excluding tert-OH is 2. The predicted octanol–water partition coefficient (Wildman–Crippen LogP) is 8.25. The summed E-state index contributed by atoms with van der Waals surface area (Å²) in [5, 5.41) is 47.4. The second-order valence-corrected chi connectivity index (χ2v) is 19.6. The highest BCUT2D eigenvalue weighted by atomic mass is 16.6. The molecule has 3 fully saturated rings. The number of carbonyl (C=O) groups excluding carboxylic acids is 4. The summed E-state index contributed by atoms with van der Waals surface area (Å²) in [6.07, 6.45) is 1.05. The molecule has 6 aromatic carbocycles. The molecule has 10 rings (SSSR count). The van der Waals surface area contributed by atoms with Gasteiger partial charge in [-0.1, -0.05) is 128 Å². The number of hydrogen-bond acceptors (Lipinski definition) is 13. The molecular weight excluding hydrogens is 969 g/mol. The van der Waals surface area contributed by atoms with Crippen LogP contribution in [0.3, 0.4) is 0 Å². The second-order valence-electron chi connectivity index (χ2n) is 19.6. The molecule has 388 valence electrons. The average Bonchev–Trinajstić information content (AvgIpc) is 4.03. The van der Waals surface area contributed by atoms with Gasteiger partial charge in [0.05, 0.1) is 41.3 Å². The molecule has 76 heavy (non-hydrogen) atoms. The first-order valence-electron chi connectivity index (χ1n) is 25.5. The van der Waals surface area contributed by atoms with Crippen LogP contribution in [0.15, 0.2) is 158 Å². The first kappa shape index (κ1) is 51.3. The molecule has 1 saturated carbocycles. The molecule has 1 spiro atoms. The normalized spacial score (nSPS) is 23.0. The summed E-state index contributed by atoms with van der Waals surface area (Å²) in [4.78, 5) is 76.7. The van der Waals surface area contributed by atoms with Crippen LogP contribution >= 0.6 is 0 Å². The maximum absolute atomic E-state index is 16.7. The summed E-state index contributed by atoms with van der Waals surface area (Å²) in [6.45, 7) is -1.01. The molecule has 4 aliphatic rings. The minimum Gasteiger partial charge on any atom is -0.491 e. The first-order valence-corrected chi connectivity index (χ1v) is 25.5. The van der Waals surface area contributed by atoms with E-state index in [1.807, 2.05) is 65.6 Å². The van der Waals surface area contributed by atoms with Crippen molar-refractivity contribution in [2.45, 2.75) is 86.5 Å². The Morgan fingerprint density at radius 2 is 1.45 bits per heavy atom. The zero-order valence-electron chi connectivity index (χ0n) is 41.4. The van der Waals surface area contributed by atoms with Gasteiger partial charge in [-0.3, -0.25) is 29.4 Å². The van der Waals surface area contributed by atoms with Crippen LogP contribution in [0.5, 0.6) is 5.75 Å². The lowest BCUT2D eigenvalue weighted by Crippen LogP contribution is -2.56. The second kappa shape index (κ2) is 21.9. The molecule has 16 nitrogen and oxygen atoms in total. The number of imide groups is 1. The summed E-state index contributed by atoms with van der Waals surface area (Å²) >= 11 is 0. The number of amides is 3. The van der Waals surface area contributed by atoms with Gasteiger partial charge in [-0.05, 0) is 102 Å². The largest absolute Gasteiger partial charge is 0.491 e. The Hall–Kier alpha value is -8.20. The Bertz CT molecular complexity index is 3160. The van der Waals surface area contributed by atoms with E-state index in [4.69, 9.17) is 14.2 Å². The van der Waals surface area contributed by atoms with Crippen LogP contribution in [0.1, 0.15) is 102 Å². The van der Waals surface area contributed by atoms with E-state index < -0.39 is 82.7 Å². The van der Waals surface area contributed by atoms with E-state index in [9.17, 15) is 30.2 Å². The monoisotopic (exact) mass is 1020 g/mol. The van der Waals surface area contributed by atoms with Crippen LogP contribution in [0.25, 0.3) is 0 Å². The molecule has 3 amide bonds. The molecule has 2 saturated heterocycles. The number of cyclic esters (lactones) is 1. The Labute approximate surface area is 439 Å². The Morgan fingerprint density at radius 1 is 0.803 bits per heavy atom. The smallest absolute Gasteiger partial charge is 0.421 e. The number of nitro groups is 1. The van der Waals surface area contributed by atoms with E-state index >= 15 is 14.4 Å². The van der Waals surface area contributed by atoms with Gasteiger partial charge < -0.3 is 34.8 Å². The van der Waals surface area contributed by atoms with Crippen molar-refractivity contribution in [2.24, 2.45) is 5.92 Å². The van der Waals surface area contributed by atoms with Crippen molar-refractivity contribution >= 4 is 35.3 Å². The Morgan fingerprint density at radius 3 is 2.09 bits per heavy atom. The van der Waals surface area contributed by atoms with Gasteiger partial charge in [0.2, 0.25) is 11.8 Å². The number of hydrogen-bond donors (Lipinski definition) is 4. The number of ether oxygens (including phenoxy) is 3. The average molecular weight is 1030 g/mol. The molecule has 16 heteroatoms. The molecular formula is C60H56N4O12. The van der Waals surface area contributed by atoms with Gasteiger partial charge >= 0.3 is 12.1 Å². The number of non-ortho nitro benzene ring substituents is 1. The molecule has 0 unspecified atom stereocenters. The summed E-state index contributed by atoms with van der Waals surface area (Å²) < 4.78 is 18.3. The molecule has 4 N–H and O–H groups in total. The van der Waals surface area contributed by atoms with Crippen LogP contribution in [0.4, 0.5) is 16.2 Å². The lowest BCUT2D eigenvalue weighted by Gasteiger charge is -2.46. The van der Waals surface area contributed by atoms with E-state index in [1.54, 1.807) is 72.8 Å². The number of aliphatic hydroxyl groups is 3. The minimum absolute atomic E-state index is 0.0135. The highest BCUT2D eigenvalue weighted by molar-refractivity contribution is 6.23. The number of carbonyl (C=O) groups is 4. The molecule has 3 heterocycles. The summed E-state index contributed by atoms with van der Waals surface area (Å²) in [6, 6.07) is 40.4. The maximum atomic E-state index is 16.7. The van der Waals surface area contributed by atoms with E-state index in [1.165, 1.54) is 24.3 Å². The van der Waals surface area contributed by atoms with Crippen molar-refractivity contribution in [3.05, 3.63) is 207 Å². The number of fused-ring (bicyclic) bond motifs is 3. The van der Waals surface area contributed by atoms with Crippen molar-refractivity contribution in [3.63, 3.8) is 0 Å². The molecule has 3 aliphatic heterocycles. The van der Waals surface area contributed by atoms with Gasteiger partial charge in [0.1, 0.15) is 42.1 Å². The third kappa shape index (κ3) is 9.81. The summed E-state index contributed by atoms with van der Waals surface area (Å²) in [5.74, 6) is 2.45. The number of esters is 1. The lowest BCUT2D eigenvalue weighted by molar-refractivity contribution is -0.384. The number of benzene rings is 6. The van der Waals surface area contributed by atoms with Crippen LogP contribution in [-0.2, 0) is 35.9 Å². The SMILES string of the molecule is O=C1O[C@H](c2ccccc2)[C@H](c2ccccc2)N2[C@H]1[C@@H](C(=O)NC[C@H](O)c1ccccc1)[C@]1(C(=O)N(C(=O)OCc3ccc([N+](=O)[O-])cc3)c3ccc(C#CC4(O)CCCCCC4)cc31)[C@H]2c1ccc(OCCO)cc1. The third-order valence-electron chi connectivity index (χ3n) is 15.0. The van der Waals surface area contributed by atoms with Gasteiger partial charge in [0, 0.05) is 24.2 Å². The molecule has 6 aromatic rings. The molecule has 0 aromatic heterocycles. The standard InChI is InChI=1S/C60H56N4O12/c65-34-35-74-46-27-23-44(24-28-46)54-60(47-36-39(30-33-59(71)31-12-1-2-13-32-59)22-29-48(47)62(57(60)69)58(70)75-38-40-20-25-45(26-21-40)64(72)73)50(55(67)61-37-49(66)41-14-6-3-7-15-41)52-56(68)76-53(43-18-10-5-11-19-43)51(63(52)54)42-16-8-4-9-17-42/h3-11,14-29,36,49-54,65-66,71H,1-2,12-13,31-32,34-35,37-38H2,(H,61,67)/t49-,50-,51-,52-,53+,54+,60-/m0/s1. The minimum atomic E-state index is -2.21. The van der Waals surface area contributed by atoms with Gasteiger partial charge in [0.25, 0.3) is 5.69 Å². The predicted molar refractivity (Wildman–Crippen MR) is 278 cm³/mol. The fourth-order valence-electron chi connectivity index (χ4n) is 11.5. The number of anilines is 1. The first-order chi connectivity index (χ1) is 36.9. The van der Waals surface area contributed by atoms with Crippen LogP contribution in [-0.4, -0.2) is 80.4 Å². The Balaban J connectivity index is 1.22. The van der Waals surface area contributed by atoms with E-state index in [0.717, 1.165) is 30.6 Å². The summed E-state index contributed by atoms with van der Waals surface area (Å²) in [7, 11) is 0. The van der Waals surface area contributed by atoms with Crippen molar-refractivity contribution in [2.75, 3.05) is 24.7 Å². The zero-order chi connectivity index (χ0) is 53.0. The Kier molecular flexibility index (Phi) is 14.8. The number of nitro benzene ring substituents is 1. The fraction of sp³-hybridized carbons (Fsp3) is 0.300. The van der Waals surface area contributed by atoms with Crippen molar-refractivity contribution < 1.29 is 53.6 Å². The highest BCUT2D eigenvalue weighted by Crippen LogP contribution is 2.66. The fourth-order valence-corrected chi connectivity index (χ4v) is 11.5. The van der Waals surface area contributed by atoms with Crippen LogP contribution in [0.2, 0.25) is 0 Å². The van der Waals surface area contributed by atoms with Gasteiger partial charge in [-0.25, -0.2) is 9.69 Å². The lowest BCUT2D eigenvalue weighted by atomic mass is 9.65. The van der Waals surface area contributed by atoms with Crippen LogP contribution in [0, 0.1) is 27.9 Å². The number of rotatable bonds is 13. The molecule has 0 radical (unpaired) electrons. The number of nitrogens with one attached hydrogen (secondary N) is 1. The van der Waals surface area contributed by atoms with Crippen molar-refractivity contribution in [1.29, 1.82) is 0 Å². The van der Waals surface area contributed by atoms with Gasteiger partial charge in [-0.2, -0.15) is 0 Å². The van der Waals surface area contributed by atoms with E-state index in [-0.39, 0.29) is 36.7 Å². The van der Waals surface area contributed by atoms with Crippen molar-refractivity contribution in [1.82, 2.24) is 10.2 Å². The molecule has 7 atom stereocenters. The van der Waals surface area contributed by atoms with Gasteiger partial charge in [-0.15, -0.1) is 0 Å². The molecule has 0 bridgehead atoms. The number of nitrogens with zero attached hydrogens (tertiary/aromatic N) is 3. The third-order valence-corrected chi connectivity index (χ3v) is 15.0. The van der Waals surface area contributed by atoms with Crippen LogP contribution < -0.4 is 15.0 Å². The van der Waals surface area contributed by atoms with E-state index in [2.05, 4.69) is 17.2 Å². The summed E-state index contributed by atoms with van der Waals surface area (Å²) in [5.41, 5.74) is -0.504. The van der Waals surface area contributed by atoms with Gasteiger partial charge in [0.15, 0.2) is 0 Å². The quantitative estimate of drug-likeness (QED) is 0.0282. The van der Waals surface area contributed by atoms with Crippen molar-refractivity contribution in [3.8, 4) is 17.6 Å². The number of morpholine rings is 1. The molecule has 1 aliphatic carbocycles. The topological polar surface area (TPSA) is 218 Å².